The Morgan fingerprint density at radius 3 is 2.80 bits per heavy atom. The van der Waals surface area contributed by atoms with Crippen LogP contribution in [0.15, 0.2) is 27.4 Å². The molecule has 0 amide bonds. The average molecular weight is 254 g/mol. The quantitative estimate of drug-likeness (QED) is 0.822. The molecule has 2 aromatic rings. The molecule has 0 spiro atoms. The molecular formula is C10H10N2S3. The second kappa shape index (κ2) is 4.47. The highest BCUT2D eigenvalue weighted by Crippen LogP contribution is 2.31. The van der Waals surface area contributed by atoms with Crippen LogP contribution in [0, 0.1) is 17.8 Å². The van der Waals surface area contributed by atoms with Crippen molar-refractivity contribution in [3.8, 4) is 0 Å². The average Bonchev–Trinajstić information content (AvgIpc) is 2.56. The van der Waals surface area contributed by atoms with E-state index in [1.807, 2.05) is 0 Å². The van der Waals surface area contributed by atoms with Crippen LogP contribution in [0.25, 0.3) is 0 Å². The number of aryl methyl sites for hydroxylation is 2. The maximum atomic E-state index is 4.99. The molecule has 0 aliphatic rings. The van der Waals surface area contributed by atoms with Crippen LogP contribution >= 0.6 is 35.3 Å². The minimum atomic E-state index is 0.724. The van der Waals surface area contributed by atoms with Crippen molar-refractivity contribution < 1.29 is 0 Å². The maximum absolute atomic E-state index is 4.99. The topological polar surface area (TPSA) is 28.7 Å². The van der Waals surface area contributed by atoms with Gasteiger partial charge in [0.2, 0.25) is 0 Å². The summed E-state index contributed by atoms with van der Waals surface area (Å²) in [7, 11) is 0. The van der Waals surface area contributed by atoms with Gasteiger partial charge in [-0.05, 0) is 37.7 Å². The van der Waals surface area contributed by atoms with Crippen molar-refractivity contribution in [2.45, 2.75) is 23.1 Å². The van der Waals surface area contributed by atoms with Crippen LogP contribution in [0.3, 0.4) is 0 Å². The molecule has 0 fully saturated rings. The first kappa shape index (κ1) is 10.9. The Balaban J connectivity index is 2.28. The van der Waals surface area contributed by atoms with Crippen LogP contribution in [0.5, 0.6) is 0 Å². The Kier molecular flexibility index (Phi) is 3.23. The summed E-state index contributed by atoms with van der Waals surface area (Å²) in [6.45, 7) is 4.21. The minimum absolute atomic E-state index is 0.724. The first-order valence-electron chi connectivity index (χ1n) is 4.46. The summed E-state index contributed by atoms with van der Waals surface area (Å²) in [6, 6.07) is 6.41. The summed E-state index contributed by atoms with van der Waals surface area (Å²) in [5.41, 5.74) is 2.56. The fourth-order valence-corrected chi connectivity index (χ4v) is 3.37. The van der Waals surface area contributed by atoms with E-state index in [4.69, 9.17) is 12.2 Å². The lowest BCUT2D eigenvalue weighted by Crippen LogP contribution is -1.81. The van der Waals surface area contributed by atoms with E-state index in [0.29, 0.717) is 0 Å². The largest absolute Gasteiger partial charge is 0.257 e. The third kappa shape index (κ3) is 2.68. The van der Waals surface area contributed by atoms with E-state index < -0.39 is 0 Å². The van der Waals surface area contributed by atoms with E-state index in [1.54, 1.807) is 11.8 Å². The van der Waals surface area contributed by atoms with Gasteiger partial charge in [0.1, 0.15) is 0 Å². The standard InChI is InChI=1S/C10H10N2S3/c1-6-3-4-8(7(2)5-6)14-10-12-11-9(13)15-10/h3-5H,1-2H3,(H,11,13). The Hall–Kier alpha value is -0.650. The second-order valence-corrected chi connectivity index (χ2v) is 6.20. The molecule has 0 saturated carbocycles. The van der Waals surface area contributed by atoms with Gasteiger partial charge in [-0.25, -0.2) is 0 Å². The van der Waals surface area contributed by atoms with Gasteiger partial charge in [-0.15, -0.1) is 0 Å². The molecule has 0 aliphatic heterocycles. The van der Waals surface area contributed by atoms with Crippen LogP contribution in [0.2, 0.25) is 0 Å². The smallest absolute Gasteiger partial charge is 0.177 e. The predicted molar refractivity (Wildman–Crippen MR) is 67.3 cm³/mol. The second-order valence-electron chi connectivity index (χ2n) is 3.25. The summed E-state index contributed by atoms with van der Waals surface area (Å²) >= 11 is 8.15. The lowest BCUT2D eigenvalue weighted by atomic mass is 10.2. The first-order chi connectivity index (χ1) is 7.15. The molecule has 2 nitrogen and oxygen atoms in total. The molecule has 0 radical (unpaired) electrons. The predicted octanol–water partition coefficient (Wildman–Crippen LogP) is 3.97. The molecule has 1 N–H and O–H groups in total. The van der Waals surface area contributed by atoms with Gasteiger partial charge in [-0.3, -0.25) is 5.10 Å². The van der Waals surface area contributed by atoms with Crippen LogP contribution in [-0.2, 0) is 0 Å². The molecule has 1 aromatic carbocycles. The maximum Gasteiger partial charge on any atom is 0.177 e. The molecule has 0 bridgehead atoms. The number of aromatic nitrogens is 2. The Labute approximate surface area is 102 Å². The van der Waals surface area contributed by atoms with E-state index in [0.717, 1.165) is 8.29 Å². The van der Waals surface area contributed by atoms with Gasteiger partial charge >= 0.3 is 0 Å². The lowest BCUT2D eigenvalue weighted by molar-refractivity contribution is 1.00. The lowest BCUT2D eigenvalue weighted by Gasteiger charge is -2.03. The van der Waals surface area contributed by atoms with Crippen molar-refractivity contribution in [1.82, 2.24) is 10.2 Å². The van der Waals surface area contributed by atoms with E-state index in [9.17, 15) is 0 Å². The molecule has 0 saturated heterocycles. The summed E-state index contributed by atoms with van der Waals surface area (Å²) in [5.74, 6) is 0. The van der Waals surface area contributed by atoms with Crippen molar-refractivity contribution in [2.24, 2.45) is 0 Å². The van der Waals surface area contributed by atoms with Gasteiger partial charge in [0.05, 0.1) is 0 Å². The third-order valence-corrected chi connectivity index (χ3v) is 4.27. The van der Waals surface area contributed by atoms with E-state index >= 15 is 0 Å². The molecule has 2 rings (SSSR count). The number of nitrogens with zero attached hydrogens (tertiary/aromatic N) is 1. The summed E-state index contributed by atoms with van der Waals surface area (Å²) in [4.78, 5) is 1.23. The monoisotopic (exact) mass is 254 g/mol. The molecule has 0 aliphatic carbocycles. The van der Waals surface area contributed by atoms with Crippen LogP contribution < -0.4 is 0 Å². The Bertz CT molecular complexity index is 527. The number of rotatable bonds is 2. The summed E-state index contributed by atoms with van der Waals surface area (Å²) in [6.07, 6.45) is 0. The van der Waals surface area contributed by atoms with Crippen LogP contribution in [-0.4, -0.2) is 10.2 Å². The van der Waals surface area contributed by atoms with E-state index in [1.165, 1.54) is 27.4 Å². The number of hydrogen-bond acceptors (Lipinski definition) is 4. The zero-order chi connectivity index (χ0) is 10.8. The molecule has 1 heterocycles. The highest BCUT2D eigenvalue weighted by atomic mass is 32.2. The molecule has 0 unspecified atom stereocenters. The van der Waals surface area contributed by atoms with Crippen molar-refractivity contribution >= 4 is 35.3 Å². The van der Waals surface area contributed by atoms with Gasteiger partial charge in [-0.1, -0.05) is 40.8 Å². The van der Waals surface area contributed by atoms with Gasteiger partial charge in [0.15, 0.2) is 8.29 Å². The third-order valence-electron chi connectivity index (χ3n) is 1.95. The molecule has 15 heavy (non-hydrogen) atoms. The molecular weight excluding hydrogens is 244 g/mol. The first-order valence-corrected chi connectivity index (χ1v) is 6.50. The molecule has 1 aromatic heterocycles. The molecule has 78 valence electrons. The number of hydrogen-bond donors (Lipinski definition) is 1. The highest BCUT2D eigenvalue weighted by Gasteiger charge is 2.04. The van der Waals surface area contributed by atoms with Gasteiger partial charge in [0, 0.05) is 4.90 Å². The van der Waals surface area contributed by atoms with Gasteiger partial charge in [0.25, 0.3) is 0 Å². The summed E-state index contributed by atoms with van der Waals surface area (Å²) in [5, 5.41) is 6.91. The zero-order valence-electron chi connectivity index (χ0n) is 8.40. The normalized spacial score (nSPS) is 10.5. The number of aromatic amines is 1. The van der Waals surface area contributed by atoms with Crippen molar-refractivity contribution in [2.75, 3.05) is 0 Å². The fraction of sp³-hybridized carbons (Fsp3) is 0.200. The Morgan fingerprint density at radius 2 is 2.20 bits per heavy atom. The van der Waals surface area contributed by atoms with E-state index in [-0.39, 0.29) is 0 Å². The number of nitrogens with one attached hydrogen (secondary N) is 1. The van der Waals surface area contributed by atoms with Crippen LogP contribution in [0.4, 0.5) is 0 Å². The zero-order valence-corrected chi connectivity index (χ0v) is 10.9. The SMILES string of the molecule is Cc1ccc(Sc2n[nH]c(=S)s2)c(C)c1. The fourth-order valence-electron chi connectivity index (χ4n) is 1.27. The van der Waals surface area contributed by atoms with Gasteiger partial charge in [-0.2, -0.15) is 5.10 Å². The van der Waals surface area contributed by atoms with Crippen LogP contribution in [0.1, 0.15) is 11.1 Å². The van der Waals surface area contributed by atoms with Crippen molar-refractivity contribution in [3.05, 3.63) is 33.3 Å². The highest BCUT2D eigenvalue weighted by molar-refractivity contribution is 8.01. The van der Waals surface area contributed by atoms with E-state index in [2.05, 4.69) is 42.2 Å². The van der Waals surface area contributed by atoms with Gasteiger partial charge < -0.3 is 0 Å². The summed E-state index contributed by atoms with van der Waals surface area (Å²) < 4.78 is 1.69. The molecule has 0 atom stereocenters. The van der Waals surface area contributed by atoms with Crippen molar-refractivity contribution in [1.29, 1.82) is 0 Å². The number of benzene rings is 1. The number of H-pyrrole nitrogens is 1. The molecule has 5 heteroatoms. The Morgan fingerprint density at radius 1 is 1.40 bits per heavy atom. The van der Waals surface area contributed by atoms with Crippen molar-refractivity contribution in [3.63, 3.8) is 0 Å². The minimum Gasteiger partial charge on any atom is -0.257 e.